The van der Waals surface area contributed by atoms with Crippen LogP contribution in [0.1, 0.15) is 46.0 Å². The number of fused-ring (bicyclic) bond motifs is 3. The Balaban J connectivity index is 1.36. The second-order valence-electron chi connectivity index (χ2n) is 9.96. The van der Waals surface area contributed by atoms with Gasteiger partial charge >= 0.3 is 0 Å². The van der Waals surface area contributed by atoms with Crippen molar-refractivity contribution in [3.8, 4) is 0 Å². The van der Waals surface area contributed by atoms with Crippen LogP contribution in [0.2, 0.25) is 0 Å². The topological polar surface area (TPSA) is 67.8 Å². The maximum atomic E-state index is 13.1. The van der Waals surface area contributed by atoms with Gasteiger partial charge in [0.2, 0.25) is 16.5 Å². The lowest BCUT2D eigenvalue weighted by molar-refractivity contribution is -0.139. The quantitative estimate of drug-likeness (QED) is 0.521. The molecule has 2 aliphatic rings. The number of hydrogen-bond donors (Lipinski definition) is 0. The molecule has 2 aliphatic heterocycles. The summed E-state index contributed by atoms with van der Waals surface area (Å²) in [4.78, 5) is 30.5. The Kier molecular flexibility index (Phi) is 6.57. The van der Waals surface area contributed by atoms with Gasteiger partial charge in [-0.1, -0.05) is 26.0 Å². The van der Waals surface area contributed by atoms with Gasteiger partial charge in [0.25, 0.3) is 5.56 Å². The number of piperidine rings is 2. The zero-order chi connectivity index (χ0) is 23.8. The predicted octanol–water partition coefficient (Wildman–Crippen LogP) is 3.52. The number of aryl methyl sites for hydroxylation is 1. The molecule has 2 fully saturated rings. The maximum Gasteiger partial charge on any atom is 0.262 e. The van der Waals surface area contributed by atoms with Crippen LogP contribution in [-0.2, 0) is 18.0 Å². The number of para-hydroxylation sites is 1. The Bertz CT molecular complexity index is 1320. The maximum absolute atomic E-state index is 13.1. The van der Waals surface area contributed by atoms with Gasteiger partial charge in [-0.2, -0.15) is 0 Å². The number of amides is 1. The molecule has 4 heterocycles. The van der Waals surface area contributed by atoms with Crippen LogP contribution >= 0.6 is 12.2 Å². The van der Waals surface area contributed by atoms with E-state index in [4.69, 9.17) is 17.3 Å². The summed E-state index contributed by atoms with van der Waals surface area (Å²) in [7, 11) is 0. The van der Waals surface area contributed by atoms with Gasteiger partial charge in [-0.15, -0.1) is 5.10 Å². The number of aromatic nitrogens is 4. The highest BCUT2D eigenvalue weighted by Crippen LogP contribution is 2.24. The normalized spacial score (nSPS) is 20.4. The highest BCUT2D eigenvalue weighted by atomic mass is 32.1. The van der Waals surface area contributed by atoms with Gasteiger partial charge in [0, 0.05) is 38.6 Å². The Morgan fingerprint density at radius 1 is 1.15 bits per heavy atom. The highest BCUT2D eigenvalue weighted by molar-refractivity contribution is 7.71. The van der Waals surface area contributed by atoms with Crippen molar-refractivity contribution in [2.24, 2.45) is 11.8 Å². The molecule has 0 aliphatic carbocycles. The van der Waals surface area contributed by atoms with Crippen molar-refractivity contribution in [3.05, 3.63) is 39.4 Å². The molecule has 8 nitrogen and oxygen atoms in total. The molecule has 1 amide bonds. The zero-order valence-corrected chi connectivity index (χ0v) is 21.0. The summed E-state index contributed by atoms with van der Waals surface area (Å²) in [6.07, 6.45) is 4.92. The third-order valence-corrected chi connectivity index (χ3v) is 7.76. The van der Waals surface area contributed by atoms with E-state index in [1.54, 1.807) is 4.57 Å². The second kappa shape index (κ2) is 9.62. The molecule has 9 heteroatoms. The third-order valence-electron chi connectivity index (χ3n) is 7.37. The lowest BCUT2D eigenvalue weighted by Crippen LogP contribution is -2.46. The zero-order valence-electron chi connectivity index (χ0n) is 20.2. The van der Waals surface area contributed by atoms with Crippen molar-refractivity contribution in [3.63, 3.8) is 0 Å². The average molecular weight is 483 g/mol. The van der Waals surface area contributed by atoms with Crippen LogP contribution in [-0.4, -0.2) is 60.6 Å². The first-order valence-electron chi connectivity index (χ1n) is 12.6. The lowest BCUT2D eigenvalue weighted by atomic mass is 9.93. The van der Waals surface area contributed by atoms with Gasteiger partial charge in [-0.3, -0.25) is 23.5 Å². The molecule has 0 saturated carbocycles. The largest absolute Gasteiger partial charge is 0.342 e. The van der Waals surface area contributed by atoms with Crippen LogP contribution in [0.15, 0.2) is 29.1 Å². The molecule has 2 saturated heterocycles. The molecule has 0 bridgehead atoms. The van der Waals surface area contributed by atoms with E-state index in [-0.39, 0.29) is 11.5 Å². The SMILES string of the molecule is CCCn1c(=O)c2ccccc2n2c(=S)n(CN3CCC(C(=O)N4CCCC(C)C4)CC3)nc12. The van der Waals surface area contributed by atoms with Crippen LogP contribution in [0.3, 0.4) is 0 Å². The van der Waals surface area contributed by atoms with Crippen molar-refractivity contribution in [2.75, 3.05) is 26.2 Å². The standard InChI is InChI=1S/C25H34N6O2S/c1-3-12-29-23(33)20-8-4-5-9-21(20)31-24(29)26-30(25(31)34)17-27-14-10-19(11-15-27)22(32)28-13-6-7-18(2)16-28/h4-5,8-9,18-19H,3,6-7,10-17H2,1-2H3. The minimum Gasteiger partial charge on any atom is -0.342 e. The van der Waals surface area contributed by atoms with Gasteiger partial charge in [0.15, 0.2) is 0 Å². The summed E-state index contributed by atoms with van der Waals surface area (Å²) in [5.41, 5.74) is 0.773. The molecule has 2 aromatic heterocycles. The average Bonchev–Trinajstić information content (AvgIpc) is 3.17. The molecule has 1 aromatic carbocycles. The van der Waals surface area contributed by atoms with Crippen LogP contribution in [0.25, 0.3) is 16.7 Å². The smallest absolute Gasteiger partial charge is 0.262 e. The first-order valence-corrected chi connectivity index (χ1v) is 13.0. The monoisotopic (exact) mass is 482 g/mol. The number of likely N-dealkylation sites (tertiary alicyclic amines) is 2. The second-order valence-corrected chi connectivity index (χ2v) is 10.3. The minimum absolute atomic E-state index is 0.0246. The fourth-order valence-electron chi connectivity index (χ4n) is 5.54. The molecule has 1 atom stereocenters. The number of rotatable bonds is 5. The van der Waals surface area contributed by atoms with Gasteiger partial charge in [0.05, 0.1) is 17.6 Å². The molecular weight excluding hydrogens is 448 g/mol. The number of benzene rings is 1. The van der Waals surface area contributed by atoms with Gasteiger partial charge in [0.1, 0.15) is 0 Å². The molecule has 0 N–H and O–H groups in total. The summed E-state index contributed by atoms with van der Waals surface area (Å²) in [5, 5.41) is 5.45. The summed E-state index contributed by atoms with van der Waals surface area (Å²) in [5.74, 6) is 1.66. The number of carbonyl (C=O) groups is 1. The van der Waals surface area contributed by atoms with Crippen molar-refractivity contribution in [1.29, 1.82) is 0 Å². The summed E-state index contributed by atoms with van der Waals surface area (Å²) < 4.78 is 6.09. The van der Waals surface area contributed by atoms with E-state index in [0.717, 1.165) is 57.4 Å². The predicted molar refractivity (Wildman–Crippen MR) is 135 cm³/mol. The number of carbonyl (C=O) groups excluding carboxylic acids is 1. The molecule has 0 spiro atoms. The van der Waals surface area contributed by atoms with E-state index in [1.807, 2.05) is 33.3 Å². The van der Waals surface area contributed by atoms with Crippen molar-refractivity contribution in [1.82, 2.24) is 28.5 Å². The molecule has 34 heavy (non-hydrogen) atoms. The number of hydrogen-bond acceptors (Lipinski definition) is 5. The van der Waals surface area contributed by atoms with Gasteiger partial charge in [-0.05, 0) is 62.4 Å². The third kappa shape index (κ3) is 4.20. The summed E-state index contributed by atoms with van der Waals surface area (Å²) >= 11 is 5.83. The molecular formula is C25H34N6O2S. The molecule has 5 rings (SSSR count). The van der Waals surface area contributed by atoms with Crippen molar-refractivity contribution >= 4 is 34.8 Å². The van der Waals surface area contributed by atoms with Crippen LogP contribution in [0.4, 0.5) is 0 Å². The van der Waals surface area contributed by atoms with E-state index < -0.39 is 0 Å². The number of nitrogens with zero attached hydrogens (tertiary/aromatic N) is 6. The molecule has 3 aromatic rings. The summed E-state index contributed by atoms with van der Waals surface area (Å²) in [6, 6.07) is 7.60. The van der Waals surface area contributed by atoms with E-state index >= 15 is 0 Å². The van der Waals surface area contributed by atoms with Gasteiger partial charge < -0.3 is 4.90 Å². The lowest BCUT2D eigenvalue weighted by Gasteiger charge is -2.37. The Morgan fingerprint density at radius 2 is 1.91 bits per heavy atom. The Morgan fingerprint density at radius 3 is 2.65 bits per heavy atom. The Labute approximate surface area is 204 Å². The summed E-state index contributed by atoms with van der Waals surface area (Å²) in [6.45, 7) is 8.97. The van der Waals surface area contributed by atoms with Crippen LogP contribution in [0.5, 0.6) is 0 Å². The minimum atomic E-state index is -0.0246. The van der Waals surface area contributed by atoms with E-state index in [0.29, 0.717) is 41.0 Å². The van der Waals surface area contributed by atoms with Crippen LogP contribution < -0.4 is 5.56 Å². The van der Waals surface area contributed by atoms with E-state index in [1.165, 1.54) is 6.42 Å². The molecule has 1 unspecified atom stereocenters. The molecule has 0 radical (unpaired) electrons. The first kappa shape index (κ1) is 23.2. The van der Waals surface area contributed by atoms with E-state index in [9.17, 15) is 9.59 Å². The Hall–Kier alpha value is -2.52. The first-order chi connectivity index (χ1) is 16.5. The van der Waals surface area contributed by atoms with Crippen molar-refractivity contribution < 1.29 is 4.79 Å². The molecule has 182 valence electrons. The van der Waals surface area contributed by atoms with Gasteiger partial charge in [-0.25, -0.2) is 4.68 Å². The van der Waals surface area contributed by atoms with E-state index in [2.05, 4.69) is 23.6 Å². The van der Waals surface area contributed by atoms with Crippen LogP contribution in [0, 0.1) is 16.6 Å². The highest BCUT2D eigenvalue weighted by Gasteiger charge is 2.30. The van der Waals surface area contributed by atoms with Crippen molar-refractivity contribution in [2.45, 2.75) is 59.2 Å². The fraction of sp³-hybridized carbons (Fsp3) is 0.600. The fourth-order valence-corrected chi connectivity index (χ4v) is 5.82.